The molecule has 1 saturated heterocycles. The van der Waals surface area contributed by atoms with Crippen LogP contribution >= 0.6 is 0 Å². The summed E-state index contributed by atoms with van der Waals surface area (Å²) in [6, 6.07) is 16.9. The fourth-order valence-electron chi connectivity index (χ4n) is 2.88. The quantitative estimate of drug-likeness (QED) is 0.846. The van der Waals surface area contributed by atoms with Crippen LogP contribution in [0.4, 0.5) is 11.4 Å². The molecule has 0 bridgehead atoms. The standard InChI is InChI=1S/C19H24N2O2/c1-20(15-16-5-3-8-19(13-16)22-2)17-6-4-7-18(14-17)21-9-11-23-12-10-21/h3-8,13-14H,9-12,15H2,1-2H3. The maximum atomic E-state index is 5.44. The summed E-state index contributed by atoms with van der Waals surface area (Å²) >= 11 is 0. The van der Waals surface area contributed by atoms with Gasteiger partial charge in [-0.25, -0.2) is 0 Å². The first-order chi connectivity index (χ1) is 11.3. The number of rotatable bonds is 5. The molecule has 0 atom stereocenters. The van der Waals surface area contributed by atoms with Gasteiger partial charge in [0, 0.05) is 38.1 Å². The molecule has 2 aromatic carbocycles. The first kappa shape index (κ1) is 15.7. The van der Waals surface area contributed by atoms with E-state index in [1.54, 1.807) is 7.11 Å². The Hall–Kier alpha value is -2.20. The van der Waals surface area contributed by atoms with Gasteiger partial charge < -0.3 is 19.3 Å². The maximum absolute atomic E-state index is 5.44. The zero-order valence-electron chi connectivity index (χ0n) is 13.9. The van der Waals surface area contributed by atoms with Crippen LogP contribution in [0, 0.1) is 0 Å². The van der Waals surface area contributed by atoms with Gasteiger partial charge in [0.05, 0.1) is 20.3 Å². The Bertz CT molecular complexity index is 639. The fourth-order valence-corrected chi connectivity index (χ4v) is 2.88. The highest BCUT2D eigenvalue weighted by atomic mass is 16.5. The second-order valence-electron chi connectivity index (χ2n) is 5.83. The van der Waals surface area contributed by atoms with E-state index < -0.39 is 0 Å². The van der Waals surface area contributed by atoms with Crippen LogP contribution < -0.4 is 14.5 Å². The number of morpholine rings is 1. The van der Waals surface area contributed by atoms with E-state index in [1.165, 1.54) is 16.9 Å². The zero-order chi connectivity index (χ0) is 16.1. The van der Waals surface area contributed by atoms with Crippen molar-refractivity contribution in [2.75, 3.05) is 50.3 Å². The Morgan fingerprint density at radius 3 is 2.65 bits per heavy atom. The molecule has 3 rings (SSSR count). The van der Waals surface area contributed by atoms with Gasteiger partial charge in [0.1, 0.15) is 5.75 Å². The van der Waals surface area contributed by atoms with Gasteiger partial charge in [0.2, 0.25) is 0 Å². The number of ether oxygens (including phenoxy) is 2. The third kappa shape index (κ3) is 3.96. The molecule has 2 aromatic rings. The lowest BCUT2D eigenvalue weighted by Crippen LogP contribution is -2.36. The molecular formula is C19H24N2O2. The van der Waals surface area contributed by atoms with Crippen molar-refractivity contribution in [2.24, 2.45) is 0 Å². The van der Waals surface area contributed by atoms with E-state index in [9.17, 15) is 0 Å². The SMILES string of the molecule is COc1cccc(CN(C)c2cccc(N3CCOCC3)c2)c1. The van der Waals surface area contributed by atoms with Crippen LogP contribution in [-0.4, -0.2) is 40.5 Å². The number of anilines is 2. The lowest BCUT2D eigenvalue weighted by Gasteiger charge is -2.30. The summed E-state index contributed by atoms with van der Waals surface area (Å²) < 4.78 is 10.7. The van der Waals surface area contributed by atoms with Crippen molar-refractivity contribution in [3.63, 3.8) is 0 Å². The first-order valence-electron chi connectivity index (χ1n) is 8.03. The zero-order valence-corrected chi connectivity index (χ0v) is 13.9. The smallest absolute Gasteiger partial charge is 0.119 e. The second-order valence-corrected chi connectivity index (χ2v) is 5.83. The summed E-state index contributed by atoms with van der Waals surface area (Å²) in [7, 11) is 3.83. The van der Waals surface area contributed by atoms with Crippen LogP contribution in [0.1, 0.15) is 5.56 Å². The molecule has 4 heteroatoms. The van der Waals surface area contributed by atoms with Crippen LogP contribution in [0.25, 0.3) is 0 Å². The van der Waals surface area contributed by atoms with E-state index in [2.05, 4.69) is 53.2 Å². The molecule has 0 spiro atoms. The van der Waals surface area contributed by atoms with Gasteiger partial charge in [-0.2, -0.15) is 0 Å². The molecule has 0 N–H and O–H groups in total. The highest BCUT2D eigenvalue weighted by Crippen LogP contribution is 2.24. The summed E-state index contributed by atoms with van der Waals surface area (Å²) in [5, 5.41) is 0. The summed E-state index contributed by atoms with van der Waals surface area (Å²) in [5.74, 6) is 0.901. The summed E-state index contributed by atoms with van der Waals surface area (Å²) in [5.41, 5.74) is 3.73. The molecule has 1 aliphatic heterocycles. The van der Waals surface area contributed by atoms with E-state index in [0.717, 1.165) is 38.6 Å². The van der Waals surface area contributed by atoms with Crippen molar-refractivity contribution < 1.29 is 9.47 Å². The fraction of sp³-hybridized carbons (Fsp3) is 0.368. The lowest BCUT2D eigenvalue weighted by molar-refractivity contribution is 0.122. The molecule has 0 unspecified atom stereocenters. The highest BCUT2D eigenvalue weighted by molar-refractivity contribution is 5.59. The van der Waals surface area contributed by atoms with E-state index in [1.807, 2.05) is 12.1 Å². The van der Waals surface area contributed by atoms with Crippen LogP contribution in [0.15, 0.2) is 48.5 Å². The average molecular weight is 312 g/mol. The van der Waals surface area contributed by atoms with E-state index in [4.69, 9.17) is 9.47 Å². The summed E-state index contributed by atoms with van der Waals surface area (Å²) in [4.78, 5) is 4.64. The molecule has 1 fully saturated rings. The second kappa shape index (κ2) is 7.38. The Kier molecular flexibility index (Phi) is 5.03. The first-order valence-corrected chi connectivity index (χ1v) is 8.03. The van der Waals surface area contributed by atoms with E-state index in [0.29, 0.717) is 0 Å². The number of nitrogens with zero attached hydrogens (tertiary/aromatic N) is 2. The number of methoxy groups -OCH3 is 1. The van der Waals surface area contributed by atoms with Crippen molar-refractivity contribution in [1.82, 2.24) is 0 Å². The van der Waals surface area contributed by atoms with Crippen molar-refractivity contribution in [3.05, 3.63) is 54.1 Å². The van der Waals surface area contributed by atoms with Gasteiger partial charge in [-0.1, -0.05) is 18.2 Å². The van der Waals surface area contributed by atoms with Crippen molar-refractivity contribution in [1.29, 1.82) is 0 Å². The summed E-state index contributed by atoms with van der Waals surface area (Å²) in [6.07, 6.45) is 0. The van der Waals surface area contributed by atoms with Crippen molar-refractivity contribution in [2.45, 2.75) is 6.54 Å². The van der Waals surface area contributed by atoms with Crippen LogP contribution in [0.2, 0.25) is 0 Å². The Balaban J connectivity index is 1.72. The van der Waals surface area contributed by atoms with Crippen molar-refractivity contribution >= 4 is 11.4 Å². The van der Waals surface area contributed by atoms with E-state index >= 15 is 0 Å². The minimum atomic E-state index is 0.809. The molecule has 23 heavy (non-hydrogen) atoms. The van der Waals surface area contributed by atoms with Gasteiger partial charge >= 0.3 is 0 Å². The van der Waals surface area contributed by atoms with E-state index in [-0.39, 0.29) is 0 Å². The molecule has 0 aliphatic carbocycles. The van der Waals surface area contributed by atoms with Gasteiger partial charge in [-0.15, -0.1) is 0 Å². The minimum absolute atomic E-state index is 0.809. The molecule has 122 valence electrons. The average Bonchev–Trinajstić information content (AvgIpc) is 2.63. The van der Waals surface area contributed by atoms with Gasteiger partial charge in [0.15, 0.2) is 0 Å². The molecule has 1 aliphatic rings. The van der Waals surface area contributed by atoms with Crippen LogP contribution in [-0.2, 0) is 11.3 Å². The minimum Gasteiger partial charge on any atom is -0.497 e. The van der Waals surface area contributed by atoms with Crippen molar-refractivity contribution in [3.8, 4) is 5.75 Å². The maximum Gasteiger partial charge on any atom is 0.119 e. The third-order valence-corrected chi connectivity index (χ3v) is 4.20. The number of benzene rings is 2. The van der Waals surface area contributed by atoms with Gasteiger partial charge in [-0.3, -0.25) is 0 Å². The Labute approximate surface area is 138 Å². The molecule has 1 heterocycles. The normalized spacial score (nSPS) is 14.6. The highest BCUT2D eigenvalue weighted by Gasteiger charge is 2.12. The molecule has 0 amide bonds. The lowest BCUT2D eigenvalue weighted by atomic mass is 10.2. The van der Waals surface area contributed by atoms with Gasteiger partial charge in [-0.05, 0) is 35.9 Å². The predicted octanol–water partition coefficient (Wildman–Crippen LogP) is 3.17. The summed E-state index contributed by atoms with van der Waals surface area (Å²) in [6.45, 7) is 4.39. The predicted molar refractivity (Wildman–Crippen MR) is 94.6 cm³/mol. The Morgan fingerprint density at radius 1 is 1.09 bits per heavy atom. The molecule has 0 aromatic heterocycles. The molecule has 4 nitrogen and oxygen atoms in total. The topological polar surface area (TPSA) is 24.9 Å². The molecule has 0 radical (unpaired) electrons. The number of hydrogen-bond acceptors (Lipinski definition) is 4. The largest absolute Gasteiger partial charge is 0.497 e. The molecular weight excluding hydrogens is 288 g/mol. The number of hydrogen-bond donors (Lipinski definition) is 0. The molecule has 0 saturated carbocycles. The van der Waals surface area contributed by atoms with Crippen LogP contribution in [0.5, 0.6) is 5.75 Å². The third-order valence-electron chi connectivity index (χ3n) is 4.20. The monoisotopic (exact) mass is 312 g/mol. The van der Waals surface area contributed by atoms with Crippen LogP contribution in [0.3, 0.4) is 0 Å². The Morgan fingerprint density at radius 2 is 1.87 bits per heavy atom. The van der Waals surface area contributed by atoms with Gasteiger partial charge in [0.25, 0.3) is 0 Å².